The Balaban J connectivity index is 1.88. The van der Waals surface area contributed by atoms with Crippen molar-refractivity contribution >= 4 is 33.1 Å². The molecule has 4 nitrogen and oxygen atoms in total. The Morgan fingerprint density at radius 1 is 1.00 bits per heavy atom. The molecule has 0 unspecified atom stereocenters. The minimum atomic E-state index is 0.809. The Labute approximate surface area is 154 Å². The molecule has 0 aliphatic carbocycles. The van der Waals surface area contributed by atoms with E-state index in [1.54, 1.807) is 12.4 Å². The van der Waals surface area contributed by atoms with Gasteiger partial charge < -0.3 is 5.32 Å². The van der Waals surface area contributed by atoms with Crippen LogP contribution in [0.2, 0.25) is 0 Å². The van der Waals surface area contributed by atoms with E-state index in [1.807, 2.05) is 10.6 Å². The van der Waals surface area contributed by atoms with Crippen LogP contribution in [0.3, 0.4) is 0 Å². The molecule has 1 N–H and O–H groups in total. The summed E-state index contributed by atoms with van der Waals surface area (Å²) >= 11 is 3.64. The van der Waals surface area contributed by atoms with Gasteiger partial charge in [0.05, 0.1) is 11.9 Å². The van der Waals surface area contributed by atoms with Crippen molar-refractivity contribution in [3.05, 3.63) is 76.7 Å². The zero-order valence-corrected chi connectivity index (χ0v) is 15.6. The van der Waals surface area contributed by atoms with Crippen LogP contribution in [0.1, 0.15) is 11.1 Å². The van der Waals surface area contributed by atoms with Crippen molar-refractivity contribution in [2.24, 2.45) is 0 Å². The fourth-order valence-corrected chi connectivity index (χ4v) is 3.38. The van der Waals surface area contributed by atoms with E-state index in [4.69, 9.17) is 4.98 Å². The van der Waals surface area contributed by atoms with Crippen LogP contribution in [0.15, 0.2) is 65.5 Å². The standard InChI is InChI=1S/C20H17BrN4/c1-13-3-6-15(7-4-13)19-20(25-10-9-22-12-18(25)24-19)23-17-8-5-14(2)11-16(17)21/h3-12,23H,1-2H3. The van der Waals surface area contributed by atoms with Crippen LogP contribution < -0.4 is 5.32 Å². The molecule has 2 aromatic carbocycles. The predicted octanol–water partition coefficient (Wildman–Crippen LogP) is 5.52. The number of anilines is 2. The molecule has 0 bridgehead atoms. The highest BCUT2D eigenvalue weighted by Crippen LogP contribution is 2.33. The van der Waals surface area contributed by atoms with Crippen LogP contribution in [0, 0.1) is 13.8 Å². The number of rotatable bonds is 3. The van der Waals surface area contributed by atoms with Crippen LogP contribution in [0.5, 0.6) is 0 Å². The molecule has 0 spiro atoms. The second kappa shape index (κ2) is 6.33. The highest BCUT2D eigenvalue weighted by molar-refractivity contribution is 9.10. The van der Waals surface area contributed by atoms with Gasteiger partial charge in [-0.1, -0.05) is 35.9 Å². The largest absolute Gasteiger partial charge is 0.339 e. The van der Waals surface area contributed by atoms with Gasteiger partial charge in [0.1, 0.15) is 11.5 Å². The van der Waals surface area contributed by atoms with Gasteiger partial charge in [-0.05, 0) is 47.5 Å². The Hall–Kier alpha value is -2.66. The summed E-state index contributed by atoms with van der Waals surface area (Å²) in [6.45, 7) is 4.16. The minimum absolute atomic E-state index is 0.809. The molecule has 2 aromatic heterocycles. The average molecular weight is 393 g/mol. The smallest absolute Gasteiger partial charge is 0.157 e. The van der Waals surface area contributed by atoms with Crippen molar-refractivity contribution in [3.8, 4) is 11.3 Å². The number of hydrogen-bond acceptors (Lipinski definition) is 3. The summed E-state index contributed by atoms with van der Waals surface area (Å²) in [4.78, 5) is 8.97. The van der Waals surface area contributed by atoms with Crippen molar-refractivity contribution in [1.29, 1.82) is 0 Å². The normalized spacial score (nSPS) is 11.0. The van der Waals surface area contributed by atoms with Gasteiger partial charge in [-0.2, -0.15) is 0 Å². The topological polar surface area (TPSA) is 42.2 Å². The van der Waals surface area contributed by atoms with Gasteiger partial charge >= 0.3 is 0 Å². The molecule has 0 fully saturated rings. The van der Waals surface area contributed by atoms with Gasteiger partial charge in [-0.3, -0.25) is 9.38 Å². The second-order valence-electron chi connectivity index (χ2n) is 6.09. The number of nitrogens with zero attached hydrogens (tertiary/aromatic N) is 3. The van der Waals surface area contributed by atoms with Gasteiger partial charge in [0.15, 0.2) is 5.65 Å². The molecule has 4 aromatic rings. The summed E-state index contributed by atoms with van der Waals surface area (Å²) in [5.74, 6) is 0.922. The maximum absolute atomic E-state index is 4.78. The Morgan fingerprint density at radius 2 is 1.76 bits per heavy atom. The third-order valence-electron chi connectivity index (χ3n) is 4.13. The zero-order valence-electron chi connectivity index (χ0n) is 14.0. The lowest BCUT2D eigenvalue weighted by molar-refractivity contribution is 1.13. The first-order valence-corrected chi connectivity index (χ1v) is 8.83. The van der Waals surface area contributed by atoms with E-state index in [-0.39, 0.29) is 0 Å². The molecular weight excluding hydrogens is 376 g/mol. The van der Waals surface area contributed by atoms with Crippen molar-refractivity contribution in [2.45, 2.75) is 13.8 Å². The maximum Gasteiger partial charge on any atom is 0.157 e. The number of benzene rings is 2. The lowest BCUT2D eigenvalue weighted by atomic mass is 10.1. The molecule has 0 saturated carbocycles. The van der Waals surface area contributed by atoms with Gasteiger partial charge in [-0.25, -0.2) is 4.98 Å². The fraction of sp³-hybridized carbons (Fsp3) is 0.100. The molecular formula is C20H17BrN4. The first kappa shape index (κ1) is 15.8. The van der Waals surface area contributed by atoms with Gasteiger partial charge in [-0.15, -0.1) is 0 Å². The third-order valence-corrected chi connectivity index (χ3v) is 4.79. The number of aromatic nitrogens is 3. The number of nitrogens with one attached hydrogen (secondary N) is 1. The third kappa shape index (κ3) is 3.03. The highest BCUT2D eigenvalue weighted by Gasteiger charge is 2.15. The van der Waals surface area contributed by atoms with E-state index in [9.17, 15) is 0 Å². The first-order valence-electron chi connectivity index (χ1n) is 8.04. The van der Waals surface area contributed by atoms with Gasteiger partial charge in [0, 0.05) is 22.4 Å². The van der Waals surface area contributed by atoms with E-state index in [0.29, 0.717) is 0 Å². The van der Waals surface area contributed by atoms with Crippen LogP contribution >= 0.6 is 15.9 Å². The molecule has 0 radical (unpaired) electrons. The molecule has 5 heteroatoms. The Bertz CT molecular complexity index is 1050. The molecule has 2 heterocycles. The zero-order chi connectivity index (χ0) is 17.4. The Kier molecular flexibility index (Phi) is 4.01. The molecule has 0 amide bonds. The molecule has 0 aliphatic rings. The SMILES string of the molecule is Cc1ccc(-c2nc3cnccn3c2Nc2ccc(C)cc2Br)cc1. The fourth-order valence-electron chi connectivity index (χ4n) is 2.79. The number of imidazole rings is 1. The van der Waals surface area contributed by atoms with E-state index in [2.05, 4.69) is 82.5 Å². The van der Waals surface area contributed by atoms with Crippen molar-refractivity contribution < 1.29 is 0 Å². The summed E-state index contributed by atoms with van der Waals surface area (Å²) in [6.07, 6.45) is 5.46. The lowest BCUT2D eigenvalue weighted by Gasteiger charge is -2.11. The van der Waals surface area contributed by atoms with E-state index < -0.39 is 0 Å². The summed E-state index contributed by atoms with van der Waals surface area (Å²) < 4.78 is 3.04. The quantitative estimate of drug-likeness (QED) is 0.499. The molecule has 4 rings (SSSR count). The summed E-state index contributed by atoms with van der Waals surface area (Å²) in [5, 5.41) is 3.53. The molecule has 124 valence electrons. The van der Waals surface area contributed by atoms with Crippen LogP contribution in [0.4, 0.5) is 11.5 Å². The lowest BCUT2D eigenvalue weighted by Crippen LogP contribution is -1.98. The van der Waals surface area contributed by atoms with Crippen LogP contribution in [-0.4, -0.2) is 14.4 Å². The highest BCUT2D eigenvalue weighted by atomic mass is 79.9. The van der Waals surface area contributed by atoms with Gasteiger partial charge in [0.25, 0.3) is 0 Å². The number of fused-ring (bicyclic) bond motifs is 1. The minimum Gasteiger partial charge on any atom is -0.339 e. The first-order chi connectivity index (χ1) is 12.1. The summed E-state index contributed by atoms with van der Waals surface area (Å²) in [7, 11) is 0. The predicted molar refractivity (Wildman–Crippen MR) is 105 cm³/mol. The van der Waals surface area contributed by atoms with Crippen molar-refractivity contribution in [3.63, 3.8) is 0 Å². The van der Waals surface area contributed by atoms with Gasteiger partial charge in [0.2, 0.25) is 0 Å². The molecule has 0 saturated heterocycles. The van der Waals surface area contributed by atoms with E-state index >= 15 is 0 Å². The summed E-state index contributed by atoms with van der Waals surface area (Å²) in [6, 6.07) is 14.6. The van der Waals surface area contributed by atoms with E-state index in [0.717, 1.165) is 32.9 Å². The number of hydrogen-bond donors (Lipinski definition) is 1. The summed E-state index contributed by atoms with van der Waals surface area (Å²) in [5.41, 5.74) is 6.21. The number of aryl methyl sites for hydroxylation is 2. The van der Waals surface area contributed by atoms with Crippen LogP contribution in [-0.2, 0) is 0 Å². The van der Waals surface area contributed by atoms with Crippen LogP contribution in [0.25, 0.3) is 16.9 Å². The number of halogens is 1. The van der Waals surface area contributed by atoms with Crippen molar-refractivity contribution in [1.82, 2.24) is 14.4 Å². The van der Waals surface area contributed by atoms with Crippen molar-refractivity contribution in [2.75, 3.05) is 5.32 Å². The molecule has 0 aliphatic heterocycles. The molecule has 0 atom stereocenters. The monoisotopic (exact) mass is 392 g/mol. The Morgan fingerprint density at radius 3 is 2.52 bits per heavy atom. The maximum atomic E-state index is 4.78. The van der Waals surface area contributed by atoms with E-state index in [1.165, 1.54) is 11.1 Å². The average Bonchev–Trinajstić information content (AvgIpc) is 2.97. The second-order valence-corrected chi connectivity index (χ2v) is 6.94. The molecule has 25 heavy (non-hydrogen) atoms.